The van der Waals surface area contributed by atoms with E-state index in [0.717, 1.165) is 29.2 Å². The van der Waals surface area contributed by atoms with Crippen molar-refractivity contribution in [3.05, 3.63) is 46.8 Å². The van der Waals surface area contributed by atoms with Gasteiger partial charge in [0.05, 0.1) is 5.69 Å². The van der Waals surface area contributed by atoms with Crippen LogP contribution in [0.4, 0.5) is 5.69 Å². The molecule has 0 fully saturated rings. The van der Waals surface area contributed by atoms with Crippen LogP contribution < -0.4 is 10.6 Å². The van der Waals surface area contributed by atoms with Crippen molar-refractivity contribution < 1.29 is 4.79 Å². The number of hydrogen-bond donors (Lipinski definition) is 3. The van der Waals surface area contributed by atoms with E-state index in [1.807, 2.05) is 32.0 Å². The Bertz CT molecular complexity index is 613. The smallest absolute Gasteiger partial charge is 0.221 e. The fourth-order valence-electron chi connectivity index (χ4n) is 2.30. The second kappa shape index (κ2) is 6.54. The third-order valence-electron chi connectivity index (χ3n) is 3.57. The summed E-state index contributed by atoms with van der Waals surface area (Å²) in [7, 11) is 0. The monoisotopic (exact) mass is 286 g/mol. The Morgan fingerprint density at radius 3 is 2.76 bits per heavy atom. The quantitative estimate of drug-likeness (QED) is 0.791. The third-order valence-corrected chi connectivity index (χ3v) is 3.57. The summed E-state index contributed by atoms with van der Waals surface area (Å²) in [6.07, 6.45) is 0. The van der Waals surface area contributed by atoms with Crippen LogP contribution >= 0.6 is 0 Å². The highest BCUT2D eigenvalue weighted by atomic mass is 16.1. The fourth-order valence-corrected chi connectivity index (χ4v) is 2.30. The van der Waals surface area contributed by atoms with Gasteiger partial charge in [0.25, 0.3) is 0 Å². The van der Waals surface area contributed by atoms with Crippen molar-refractivity contribution in [2.45, 2.75) is 40.3 Å². The molecule has 2 aromatic rings. The lowest BCUT2D eigenvalue weighted by atomic mass is 10.1. The number of rotatable bonds is 5. The molecule has 0 saturated carbocycles. The molecule has 1 unspecified atom stereocenters. The molecule has 1 amide bonds. The maximum absolute atomic E-state index is 11.1. The van der Waals surface area contributed by atoms with E-state index < -0.39 is 0 Å². The van der Waals surface area contributed by atoms with Gasteiger partial charge in [0.1, 0.15) is 0 Å². The number of nitrogens with zero attached hydrogens (tertiary/aromatic N) is 1. The third kappa shape index (κ3) is 3.92. The number of carbonyl (C=O) groups is 1. The second-order valence-corrected chi connectivity index (χ2v) is 5.32. The molecule has 1 aromatic carbocycles. The second-order valence-electron chi connectivity index (χ2n) is 5.32. The molecule has 0 bridgehead atoms. The van der Waals surface area contributed by atoms with Crippen molar-refractivity contribution in [2.75, 3.05) is 5.32 Å². The number of hydrogen-bond acceptors (Lipinski definition) is 3. The molecule has 0 aliphatic carbocycles. The van der Waals surface area contributed by atoms with Crippen LogP contribution in [0, 0.1) is 13.8 Å². The zero-order chi connectivity index (χ0) is 15.4. The minimum absolute atomic E-state index is 0.0580. The molecule has 1 atom stereocenters. The molecule has 0 aliphatic heterocycles. The molecule has 21 heavy (non-hydrogen) atoms. The molecular weight excluding hydrogens is 264 g/mol. The van der Waals surface area contributed by atoms with Crippen molar-refractivity contribution in [1.29, 1.82) is 0 Å². The first-order chi connectivity index (χ1) is 9.97. The first-order valence-electron chi connectivity index (χ1n) is 7.08. The van der Waals surface area contributed by atoms with Crippen LogP contribution in [0.1, 0.15) is 42.4 Å². The lowest BCUT2D eigenvalue weighted by Gasteiger charge is -2.15. The van der Waals surface area contributed by atoms with Crippen molar-refractivity contribution in [3.8, 4) is 0 Å². The lowest BCUT2D eigenvalue weighted by Crippen LogP contribution is -2.19. The van der Waals surface area contributed by atoms with Gasteiger partial charge < -0.3 is 10.6 Å². The van der Waals surface area contributed by atoms with Crippen molar-refractivity contribution in [2.24, 2.45) is 0 Å². The first kappa shape index (κ1) is 15.3. The van der Waals surface area contributed by atoms with Gasteiger partial charge in [-0.25, -0.2) is 0 Å². The van der Waals surface area contributed by atoms with Gasteiger partial charge in [0.2, 0.25) is 5.91 Å². The van der Waals surface area contributed by atoms with E-state index in [0.29, 0.717) is 0 Å². The van der Waals surface area contributed by atoms with Gasteiger partial charge in [-0.3, -0.25) is 9.89 Å². The number of H-pyrrole nitrogens is 1. The Kier molecular flexibility index (Phi) is 4.75. The minimum atomic E-state index is -0.0580. The standard InChI is InChI=1S/C16H22N4O/c1-10(17-9-16-11(2)19-20-12(16)3)14-6-5-7-15(8-14)18-13(4)21/h5-8,10,17H,9H2,1-4H3,(H,18,21)(H,19,20). The molecule has 5 heteroatoms. The molecule has 0 radical (unpaired) electrons. The number of carbonyl (C=O) groups excluding carboxylic acids is 1. The molecule has 5 nitrogen and oxygen atoms in total. The Morgan fingerprint density at radius 2 is 2.14 bits per heavy atom. The first-order valence-corrected chi connectivity index (χ1v) is 7.08. The summed E-state index contributed by atoms with van der Waals surface area (Å²) in [6, 6.07) is 8.08. The van der Waals surface area contributed by atoms with E-state index in [1.54, 1.807) is 0 Å². The van der Waals surface area contributed by atoms with E-state index in [1.165, 1.54) is 12.5 Å². The predicted molar refractivity (Wildman–Crippen MR) is 84.1 cm³/mol. The van der Waals surface area contributed by atoms with Crippen molar-refractivity contribution in [3.63, 3.8) is 0 Å². The summed E-state index contributed by atoms with van der Waals surface area (Å²) in [5.41, 5.74) is 5.29. The fraction of sp³-hybridized carbons (Fsp3) is 0.375. The van der Waals surface area contributed by atoms with Gasteiger partial charge in [-0.2, -0.15) is 5.10 Å². The largest absolute Gasteiger partial charge is 0.326 e. The van der Waals surface area contributed by atoms with Gasteiger partial charge in [-0.05, 0) is 38.5 Å². The Labute approximate surface area is 125 Å². The number of benzene rings is 1. The number of aromatic nitrogens is 2. The van der Waals surface area contributed by atoms with Crippen LogP contribution in [0.2, 0.25) is 0 Å². The number of aryl methyl sites for hydroxylation is 2. The van der Waals surface area contributed by atoms with Crippen molar-refractivity contribution in [1.82, 2.24) is 15.5 Å². The zero-order valence-corrected chi connectivity index (χ0v) is 12.9. The van der Waals surface area contributed by atoms with Crippen molar-refractivity contribution >= 4 is 11.6 Å². The summed E-state index contributed by atoms with van der Waals surface area (Å²) in [6.45, 7) is 8.41. The number of anilines is 1. The molecule has 3 N–H and O–H groups in total. The lowest BCUT2D eigenvalue weighted by molar-refractivity contribution is -0.114. The highest BCUT2D eigenvalue weighted by molar-refractivity contribution is 5.88. The average molecular weight is 286 g/mol. The minimum Gasteiger partial charge on any atom is -0.326 e. The maximum atomic E-state index is 11.1. The van der Waals surface area contributed by atoms with Crippen LogP contribution in [0.15, 0.2) is 24.3 Å². The number of amides is 1. The average Bonchev–Trinajstić information content (AvgIpc) is 2.75. The maximum Gasteiger partial charge on any atom is 0.221 e. The molecule has 0 spiro atoms. The van der Waals surface area contributed by atoms with Crippen LogP contribution in [0.5, 0.6) is 0 Å². The summed E-state index contributed by atoms with van der Waals surface area (Å²) < 4.78 is 0. The molecular formula is C16H22N4O. The van der Waals surface area contributed by atoms with E-state index >= 15 is 0 Å². The number of aromatic amines is 1. The Balaban J connectivity index is 2.03. The van der Waals surface area contributed by atoms with E-state index in [-0.39, 0.29) is 11.9 Å². The predicted octanol–water partition coefficient (Wildman–Crippen LogP) is 2.84. The normalized spacial score (nSPS) is 12.2. The summed E-state index contributed by atoms with van der Waals surface area (Å²) in [5, 5.41) is 13.5. The van der Waals surface area contributed by atoms with Crippen LogP contribution in [-0.4, -0.2) is 16.1 Å². The molecule has 112 valence electrons. The highest BCUT2D eigenvalue weighted by Crippen LogP contribution is 2.18. The topological polar surface area (TPSA) is 69.8 Å². The summed E-state index contributed by atoms with van der Waals surface area (Å²) >= 11 is 0. The van der Waals surface area contributed by atoms with Gasteiger partial charge in [-0.1, -0.05) is 12.1 Å². The molecule has 0 aliphatic rings. The SMILES string of the molecule is CC(=O)Nc1cccc(C(C)NCc2c(C)n[nH]c2C)c1. The zero-order valence-electron chi connectivity index (χ0n) is 12.9. The molecule has 2 rings (SSSR count). The van der Waals surface area contributed by atoms with Gasteiger partial charge >= 0.3 is 0 Å². The Morgan fingerprint density at radius 1 is 1.38 bits per heavy atom. The van der Waals surface area contributed by atoms with E-state index in [4.69, 9.17) is 0 Å². The molecule has 1 heterocycles. The van der Waals surface area contributed by atoms with Gasteiger partial charge in [0, 0.05) is 36.5 Å². The summed E-state index contributed by atoms with van der Waals surface area (Å²) in [4.78, 5) is 11.1. The van der Waals surface area contributed by atoms with Crippen LogP contribution in [0.3, 0.4) is 0 Å². The molecule has 1 aromatic heterocycles. The summed E-state index contributed by atoms with van der Waals surface area (Å²) in [5.74, 6) is -0.0580. The Hall–Kier alpha value is -2.14. The van der Waals surface area contributed by atoms with E-state index in [2.05, 4.69) is 33.8 Å². The van der Waals surface area contributed by atoms with E-state index in [9.17, 15) is 4.79 Å². The number of nitrogens with one attached hydrogen (secondary N) is 3. The molecule has 0 saturated heterocycles. The van der Waals surface area contributed by atoms with Gasteiger partial charge in [-0.15, -0.1) is 0 Å². The van der Waals surface area contributed by atoms with Crippen LogP contribution in [0.25, 0.3) is 0 Å². The van der Waals surface area contributed by atoms with Crippen LogP contribution in [-0.2, 0) is 11.3 Å². The van der Waals surface area contributed by atoms with Gasteiger partial charge in [0.15, 0.2) is 0 Å². The highest BCUT2D eigenvalue weighted by Gasteiger charge is 2.10.